The quantitative estimate of drug-likeness (QED) is 0.724. The molecule has 3 nitrogen and oxygen atoms in total. The Balaban J connectivity index is 1.76. The largest absolute Gasteiger partial charge is 0.491 e. The number of rotatable bonds is 7. The molecule has 0 aliphatic carbocycles. The Hall–Kier alpha value is -1.71. The number of benzene rings is 2. The highest BCUT2D eigenvalue weighted by atomic mass is 35.5. The molecule has 0 aliphatic heterocycles. The lowest BCUT2D eigenvalue weighted by Crippen LogP contribution is -2.36. The minimum atomic E-state index is -0.0743. The molecule has 5 heteroatoms. The number of carbonyl (C=O) groups excluding carboxylic acids is 1. The first kappa shape index (κ1) is 19.6. The lowest BCUT2D eigenvalue weighted by molar-refractivity contribution is -0.121. The Morgan fingerprint density at radius 3 is 2.56 bits per heavy atom. The number of nitrogens with one attached hydrogen (secondary N) is 1. The molecule has 2 aromatic carbocycles. The van der Waals surface area contributed by atoms with Crippen LogP contribution in [0.1, 0.15) is 30.0 Å². The molecule has 0 heterocycles. The maximum Gasteiger partial charge on any atom is 0.220 e. The van der Waals surface area contributed by atoms with Gasteiger partial charge in [-0.25, -0.2) is 0 Å². The van der Waals surface area contributed by atoms with Gasteiger partial charge >= 0.3 is 0 Å². The van der Waals surface area contributed by atoms with Gasteiger partial charge in [0.25, 0.3) is 0 Å². The highest BCUT2D eigenvalue weighted by Crippen LogP contribution is 2.22. The van der Waals surface area contributed by atoms with Crippen LogP contribution >= 0.6 is 23.2 Å². The SMILES string of the molecule is Cc1ccc(OC[C@@H](C)NC(=O)CCc2ccc(Cl)cc2Cl)cc1C. The van der Waals surface area contributed by atoms with Gasteiger partial charge < -0.3 is 10.1 Å². The number of hydrogen-bond acceptors (Lipinski definition) is 2. The van der Waals surface area contributed by atoms with Crippen LogP contribution in [0.5, 0.6) is 5.75 Å². The van der Waals surface area contributed by atoms with Gasteiger partial charge in [-0.3, -0.25) is 4.79 Å². The first-order valence-corrected chi connectivity index (χ1v) is 9.04. The molecule has 0 fully saturated rings. The van der Waals surface area contributed by atoms with Crippen LogP contribution in [0, 0.1) is 13.8 Å². The third-order valence-electron chi connectivity index (χ3n) is 4.02. The summed E-state index contributed by atoms with van der Waals surface area (Å²) in [5.41, 5.74) is 3.34. The van der Waals surface area contributed by atoms with Crippen LogP contribution in [-0.4, -0.2) is 18.6 Å². The van der Waals surface area contributed by atoms with Crippen LogP contribution in [0.2, 0.25) is 10.0 Å². The van der Waals surface area contributed by atoms with Crippen molar-refractivity contribution in [2.75, 3.05) is 6.61 Å². The lowest BCUT2D eigenvalue weighted by Gasteiger charge is -2.16. The van der Waals surface area contributed by atoms with E-state index in [1.54, 1.807) is 12.1 Å². The van der Waals surface area contributed by atoms with Crippen molar-refractivity contribution in [2.24, 2.45) is 0 Å². The number of amides is 1. The molecule has 0 radical (unpaired) electrons. The third-order valence-corrected chi connectivity index (χ3v) is 4.61. The molecule has 2 aromatic rings. The van der Waals surface area contributed by atoms with Gasteiger partial charge in [-0.15, -0.1) is 0 Å². The van der Waals surface area contributed by atoms with Crippen LogP contribution in [0.4, 0.5) is 0 Å². The average Bonchev–Trinajstić information content (AvgIpc) is 2.55. The normalized spacial score (nSPS) is 11.9. The fourth-order valence-electron chi connectivity index (χ4n) is 2.39. The maximum atomic E-state index is 12.1. The summed E-state index contributed by atoms with van der Waals surface area (Å²) in [6.07, 6.45) is 0.946. The smallest absolute Gasteiger partial charge is 0.220 e. The van der Waals surface area contributed by atoms with E-state index in [9.17, 15) is 4.79 Å². The van der Waals surface area contributed by atoms with E-state index in [0.717, 1.165) is 11.3 Å². The molecule has 0 saturated carbocycles. The van der Waals surface area contributed by atoms with Crippen LogP contribution in [0.15, 0.2) is 36.4 Å². The first-order chi connectivity index (χ1) is 11.8. The van der Waals surface area contributed by atoms with E-state index in [2.05, 4.69) is 19.2 Å². The van der Waals surface area contributed by atoms with Crippen molar-refractivity contribution in [3.63, 3.8) is 0 Å². The van der Waals surface area contributed by atoms with E-state index < -0.39 is 0 Å². The predicted molar refractivity (Wildman–Crippen MR) is 104 cm³/mol. The van der Waals surface area contributed by atoms with E-state index in [-0.39, 0.29) is 11.9 Å². The molecule has 1 N–H and O–H groups in total. The molecule has 0 spiro atoms. The summed E-state index contributed by atoms with van der Waals surface area (Å²) in [7, 11) is 0. The Kier molecular flexibility index (Phi) is 7.15. The van der Waals surface area contributed by atoms with E-state index in [1.165, 1.54) is 11.1 Å². The fourth-order valence-corrected chi connectivity index (χ4v) is 2.89. The fraction of sp³-hybridized carbons (Fsp3) is 0.350. The van der Waals surface area contributed by atoms with Gasteiger partial charge in [-0.2, -0.15) is 0 Å². The van der Waals surface area contributed by atoms with Crippen molar-refractivity contribution in [1.29, 1.82) is 0 Å². The van der Waals surface area contributed by atoms with Gasteiger partial charge in [0.2, 0.25) is 5.91 Å². The van der Waals surface area contributed by atoms with Crippen molar-refractivity contribution >= 4 is 29.1 Å². The Labute approximate surface area is 159 Å². The van der Waals surface area contributed by atoms with Crippen LogP contribution in [-0.2, 0) is 11.2 Å². The zero-order valence-electron chi connectivity index (χ0n) is 14.7. The van der Waals surface area contributed by atoms with Gasteiger partial charge in [0, 0.05) is 16.5 Å². The first-order valence-electron chi connectivity index (χ1n) is 8.28. The molecule has 1 atom stereocenters. The monoisotopic (exact) mass is 379 g/mol. The summed E-state index contributed by atoms with van der Waals surface area (Å²) in [5.74, 6) is 0.791. The molecule has 25 heavy (non-hydrogen) atoms. The molecular formula is C20H23Cl2NO2. The van der Waals surface area contributed by atoms with Gasteiger partial charge in [-0.05, 0) is 68.1 Å². The summed E-state index contributed by atoms with van der Waals surface area (Å²) >= 11 is 12.0. The van der Waals surface area contributed by atoms with Crippen molar-refractivity contribution in [1.82, 2.24) is 5.32 Å². The Morgan fingerprint density at radius 2 is 1.88 bits per heavy atom. The molecule has 1 amide bonds. The second-order valence-corrected chi connectivity index (χ2v) is 7.10. The summed E-state index contributed by atoms with van der Waals surface area (Å²) in [6, 6.07) is 11.2. The van der Waals surface area contributed by atoms with Crippen molar-refractivity contribution < 1.29 is 9.53 Å². The third kappa shape index (κ3) is 6.26. The topological polar surface area (TPSA) is 38.3 Å². The molecular weight excluding hydrogens is 357 g/mol. The van der Waals surface area contributed by atoms with Gasteiger partial charge in [0.15, 0.2) is 0 Å². The Morgan fingerprint density at radius 1 is 1.12 bits per heavy atom. The zero-order chi connectivity index (χ0) is 18.4. The van der Waals surface area contributed by atoms with E-state index in [0.29, 0.717) is 29.5 Å². The molecule has 134 valence electrons. The van der Waals surface area contributed by atoms with Crippen LogP contribution < -0.4 is 10.1 Å². The van der Waals surface area contributed by atoms with E-state index in [1.807, 2.05) is 31.2 Å². The van der Waals surface area contributed by atoms with Crippen molar-refractivity contribution in [2.45, 2.75) is 39.7 Å². The number of carbonyl (C=O) groups is 1. The highest BCUT2D eigenvalue weighted by molar-refractivity contribution is 6.35. The second kappa shape index (κ2) is 9.12. The minimum Gasteiger partial charge on any atom is -0.491 e. The molecule has 0 unspecified atom stereocenters. The van der Waals surface area contributed by atoms with Crippen molar-refractivity contribution in [3.05, 3.63) is 63.1 Å². The highest BCUT2D eigenvalue weighted by Gasteiger charge is 2.10. The zero-order valence-corrected chi connectivity index (χ0v) is 16.2. The number of aryl methyl sites for hydroxylation is 3. The number of ether oxygens (including phenoxy) is 1. The molecule has 0 bridgehead atoms. The molecule has 2 rings (SSSR count). The van der Waals surface area contributed by atoms with Crippen LogP contribution in [0.25, 0.3) is 0 Å². The van der Waals surface area contributed by atoms with Gasteiger partial charge in [0.05, 0.1) is 6.04 Å². The standard InChI is InChI=1S/C20H23Cl2NO2/c1-13-4-8-18(10-14(13)2)25-12-15(3)23-20(24)9-6-16-5-7-17(21)11-19(16)22/h4-5,7-8,10-11,15H,6,9,12H2,1-3H3,(H,23,24)/t15-/m1/s1. The summed E-state index contributed by atoms with van der Waals surface area (Å²) < 4.78 is 5.75. The van der Waals surface area contributed by atoms with Gasteiger partial charge in [-0.1, -0.05) is 35.3 Å². The second-order valence-electron chi connectivity index (χ2n) is 6.26. The maximum absolute atomic E-state index is 12.1. The minimum absolute atomic E-state index is 0.0257. The predicted octanol–water partition coefficient (Wildman–Crippen LogP) is 5.13. The average molecular weight is 380 g/mol. The number of halogens is 2. The summed E-state index contributed by atoms with van der Waals surface area (Å²) in [5, 5.41) is 4.13. The summed E-state index contributed by atoms with van der Waals surface area (Å²) in [4.78, 5) is 12.1. The molecule has 0 aromatic heterocycles. The molecule has 0 aliphatic rings. The number of hydrogen-bond donors (Lipinski definition) is 1. The van der Waals surface area contributed by atoms with Gasteiger partial charge in [0.1, 0.15) is 12.4 Å². The van der Waals surface area contributed by atoms with E-state index >= 15 is 0 Å². The summed E-state index contributed by atoms with van der Waals surface area (Å²) in [6.45, 7) is 6.47. The lowest BCUT2D eigenvalue weighted by atomic mass is 10.1. The molecule has 0 saturated heterocycles. The van der Waals surface area contributed by atoms with Crippen molar-refractivity contribution in [3.8, 4) is 5.75 Å². The van der Waals surface area contributed by atoms with E-state index in [4.69, 9.17) is 27.9 Å². The Bertz CT molecular complexity index is 746. The van der Waals surface area contributed by atoms with Crippen LogP contribution in [0.3, 0.4) is 0 Å².